The van der Waals surface area contributed by atoms with Crippen LogP contribution >= 0.6 is 0 Å². The maximum Gasteiger partial charge on any atom is 0.0888 e. The number of hydrogen-bond donors (Lipinski definition) is 1. The third-order valence-electron chi connectivity index (χ3n) is 3.58. The van der Waals surface area contributed by atoms with Crippen molar-refractivity contribution < 1.29 is 4.74 Å². The predicted octanol–water partition coefficient (Wildman–Crippen LogP) is 2.83. The Balaban J connectivity index is 2.50. The summed E-state index contributed by atoms with van der Waals surface area (Å²) in [5.74, 6) is 0. The van der Waals surface area contributed by atoms with Crippen molar-refractivity contribution in [3.8, 4) is 0 Å². The number of aromatic nitrogens is 1. The average Bonchev–Trinajstić information content (AvgIpc) is 2.36. The second-order valence-electron chi connectivity index (χ2n) is 7.42. The van der Waals surface area contributed by atoms with Crippen LogP contribution < -0.4 is 5.32 Å². The van der Waals surface area contributed by atoms with Crippen LogP contribution in [0.1, 0.15) is 46.0 Å². The summed E-state index contributed by atoms with van der Waals surface area (Å²) in [6.07, 6.45) is 0. The molecule has 0 amide bonds. The molecule has 0 aliphatic rings. The van der Waals surface area contributed by atoms with E-state index in [-0.39, 0.29) is 11.1 Å². The van der Waals surface area contributed by atoms with Crippen LogP contribution in [-0.2, 0) is 17.9 Å². The molecule has 0 fully saturated rings. The van der Waals surface area contributed by atoms with Gasteiger partial charge in [0, 0.05) is 17.6 Å². The van der Waals surface area contributed by atoms with Crippen LogP contribution in [0.2, 0.25) is 0 Å². The van der Waals surface area contributed by atoms with Crippen LogP contribution in [0.3, 0.4) is 0 Å². The largest absolute Gasteiger partial charge is 0.373 e. The zero-order chi connectivity index (χ0) is 16.1. The average molecular weight is 293 g/mol. The zero-order valence-electron chi connectivity index (χ0n) is 14.7. The van der Waals surface area contributed by atoms with Crippen LogP contribution in [0.5, 0.6) is 0 Å². The highest BCUT2D eigenvalue weighted by molar-refractivity contribution is 5.10. The molecular formula is C17H31N3O. The minimum atomic E-state index is 0.0331. The number of nitrogens with zero attached hydrogens (tertiary/aromatic N) is 2. The zero-order valence-corrected chi connectivity index (χ0v) is 14.7. The van der Waals surface area contributed by atoms with E-state index in [1.165, 1.54) is 0 Å². The summed E-state index contributed by atoms with van der Waals surface area (Å²) in [6, 6.07) is 6.11. The Hall–Kier alpha value is -0.970. The summed E-state index contributed by atoms with van der Waals surface area (Å²) in [4.78, 5) is 6.81. The van der Waals surface area contributed by atoms with Gasteiger partial charge in [0.2, 0.25) is 0 Å². The lowest BCUT2D eigenvalue weighted by atomic mass is 10.1. The first-order chi connectivity index (χ1) is 9.60. The first-order valence-electron chi connectivity index (χ1n) is 7.55. The number of likely N-dealkylation sites (N-methyl/N-ethyl adjacent to an activating group) is 1. The monoisotopic (exact) mass is 293 g/mol. The Morgan fingerprint density at radius 2 is 1.71 bits per heavy atom. The van der Waals surface area contributed by atoms with Crippen LogP contribution in [0.25, 0.3) is 0 Å². The van der Waals surface area contributed by atoms with Crippen molar-refractivity contribution in [3.05, 3.63) is 29.6 Å². The summed E-state index contributed by atoms with van der Waals surface area (Å²) < 4.78 is 5.82. The van der Waals surface area contributed by atoms with E-state index in [1.54, 1.807) is 0 Å². The number of rotatable bonds is 7. The van der Waals surface area contributed by atoms with Gasteiger partial charge >= 0.3 is 0 Å². The topological polar surface area (TPSA) is 37.4 Å². The molecule has 1 aromatic rings. The highest BCUT2D eigenvalue weighted by Gasteiger charge is 2.20. The van der Waals surface area contributed by atoms with Gasteiger partial charge in [0.25, 0.3) is 0 Å². The van der Waals surface area contributed by atoms with Crippen LogP contribution in [0.15, 0.2) is 18.2 Å². The second-order valence-corrected chi connectivity index (χ2v) is 7.42. The molecule has 4 heteroatoms. The molecule has 0 aliphatic heterocycles. The van der Waals surface area contributed by atoms with Gasteiger partial charge in [-0.1, -0.05) is 6.07 Å². The Morgan fingerprint density at radius 3 is 2.29 bits per heavy atom. The van der Waals surface area contributed by atoms with Gasteiger partial charge in [0.15, 0.2) is 0 Å². The van der Waals surface area contributed by atoms with Crippen molar-refractivity contribution in [1.29, 1.82) is 0 Å². The Labute approximate surface area is 129 Å². The molecule has 0 aromatic carbocycles. The molecule has 1 N–H and O–H groups in total. The molecule has 0 aliphatic carbocycles. The van der Waals surface area contributed by atoms with Crippen LogP contribution in [0, 0.1) is 0 Å². The Kier molecular flexibility index (Phi) is 6.32. The molecule has 1 heterocycles. The molecule has 0 saturated heterocycles. The highest BCUT2D eigenvalue weighted by Crippen LogP contribution is 2.11. The lowest BCUT2D eigenvalue weighted by molar-refractivity contribution is 0.0261. The summed E-state index contributed by atoms with van der Waals surface area (Å²) in [7, 11) is 4.14. The van der Waals surface area contributed by atoms with Crippen molar-refractivity contribution >= 4 is 0 Å². The van der Waals surface area contributed by atoms with E-state index in [0.717, 1.165) is 17.9 Å². The minimum Gasteiger partial charge on any atom is -0.373 e. The fourth-order valence-electron chi connectivity index (χ4n) is 1.60. The molecule has 0 radical (unpaired) electrons. The number of pyridine rings is 1. The first kappa shape index (κ1) is 18.1. The minimum absolute atomic E-state index is 0.0331. The predicted molar refractivity (Wildman–Crippen MR) is 88.3 cm³/mol. The van der Waals surface area contributed by atoms with E-state index in [1.807, 2.05) is 18.2 Å². The van der Waals surface area contributed by atoms with Crippen molar-refractivity contribution in [2.75, 3.05) is 20.7 Å². The van der Waals surface area contributed by atoms with Crippen molar-refractivity contribution in [2.24, 2.45) is 0 Å². The second kappa shape index (κ2) is 7.34. The van der Waals surface area contributed by atoms with Gasteiger partial charge in [-0.2, -0.15) is 0 Å². The van der Waals surface area contributed by atoms with E-state index < -0.39 is 0 Å². The van der Waals surface area contributed by atoms with Gasteiger partial charge in [0.1, 0.15) is 0 Å². The molecule has 1 aromatic heterocycles. The molecule has 21 heavy (non-hydrogen) atoms. The van der Waals surface area contributed by atoms with E-state index in [9.17, 15) is 0 Å². The molecule has 0 atom stereocenters. The Bertz CT molecular complexity index is 436. The SMILES string of the molecule is CN(C)C(C)(C)COCc1cccc(CNC(C)(C)C)n1. The maximum atomic E-state index is 5.82. The van der Waals surface area contributed by atoms with Gasteiger partial charge in [-0.25, -0.2) is 0 Å². The van der Waals surface area contributed by atoms with E-state index >= 15 is 0 Å². The molecule has 0 saturated carbocycles. The van der Waals surface area contributed by atoms with Crippen molar-refractivity contribution in [2.45, 2.75) is 58.8 Å². The quantitative estimate of drug-likeness (QED) is 0.839. The van der Waals surface area contributed by atoms with Gasteiger partial charge in [-0.15, -0.1) is 0 Å². The van der Waals surface area contributed by atoms with Crippen LogP contribution in [-0.4, -0.2) is 41.7 Å². The standard InChI is InChI=1S/C17H31N3O/c1-16(2,3)18-11-14-9-8-10-15(19-14)12-21-13-17(4,5)20(6)7/h8-10,18H,11-13H2,1-7H3. The van der Waals surface area contributed by atoms with Gasteiger partial charge < -0.3 is 15.0 Å². The third kappa shape index (κ3) is 7.02. The number of ether oxygens (including phenoxy) is 1. The maximum absolute atomic E-state index is 5.82. The lowest BCUT2D eigenvalue weighted by Gasteiger charge is -2.32. The van der Waals surface area contributed by atoms with Gasteiger partial charge in [-0.05, 0) is 60.8 Å². The van der Waals surface area contributed by atoms with Crippen LogP contribution in [0.4, 0.5) is 0 Å². The summed E-state index contributed by atoms with van der Waals surface area (Å²) in [6.45, 7) is 12.8. The van der Waals surface area contributed by atoms with E-state index in [2.05, 4.69) is 63.9 Å². The smallest absolute Gasteiger partial charge is 0.0888 e. The van der Waals surface area contributed by atoms with E-state index in [4.69, 9.17) is 4.74 Å². The van der Waals surface area contributed by atoms with E-state index in [0.29, 0.717) is 13.2 Å². The highest BCUT2D eigenvalue weighted by atomic mass is 16.5. The Morgan fingerprint density at radius 1 is 1.10 bits per heavy atom. The molecular weight excluding hydrogens is 262 g/mol. The normalized spacial score (nSPS) is 13.0. The van der Waals surface area contributed by atoms with Gasteiger partial charge in [0.05, 0.1) is 24.6 Å². The van der Waals surface area contributed by atoms with Crippen molar-refractivity contribution in [1.82, 2.24) is 15.2 Å². The molecule has 4 nitrogen and oxygen atoms in total. The van der Waals surface area contributed by atoms with Gasteiger partial charge in [-0.3, -0.25) is 4.98 Å². The summed E-state index contributed by atoms with van der Waals surface area (Å²) in [5, 5.41) is 3.45. The summed E-state index contributed by atoms with van der Waals surface area (Å²) >= 11 is 0. The van der Waals surface area contributed by atoms with Crippen molar-refractivity contribution in [3.63, 3.8) is 0 Å². The molecule has 120 valence electrons. The fourth-order valence-corrected chi connectivity index (χ4v) is 1.60. The number of nitrogens with one attached hydrogen (secondary N) is 1. The fraction of sp³-hybridized carbons (Fsp3) is 0.706. The third-order valence-corrected chi connectivity index (χ3v) is 3.58. The first-order valence-corrected chi connectivity index (χ1v) is 7.55. The molecule has 0 spiro atoms. The number of hydrogen-bond acceptors (Lipinski definition) is 4. The lowest BCUT2D eigenvalue weighted by Crippen LogP contribution is -2.42. The molecule has 0 bridgehead atoms. The molecule has 0 unspecified atom stereocenters. The summed E-state index contributed by atoms with van der Waals surface area (Å²) in [5.41, 5.74) is 2.17. The molecule has 1 rings (SSSR count).